The van der Waals surface area contributed by atoms with E-state index in [9.17, 15) is 14.0 Å². The van der Waals surface area contributed by atoms with Gasteiger partial charge in [-0.2, -0.15) is 0 Å². The molecule has 5 nitrogen and oxygen atoms in total. The smallest absolute Gasteiger partial charge is 0.257 e. The molecule has 0 radical (unpaired) electrons. The number of benzene rings is 3. The summed E-state index contributed by atoms with van der Waals surface area (Å²) in [5.74, 6) is -1.25. The molecule has 0 aliphatic rings. The Kier molecular flexibility index (Phi) is 9.08. The van der Waals surface area contributed by atoms with Gasteiger partial charge in [0.05, 0.1) is 15.6 Å². The summed E-state index contributed by atoms with van der Waals surface area (Å²) in [6.45, 7) is 4.78. The quantitative estimate of drug-likeness (QED) is 0.230. The maximum Gasteiger partial charge on any atom is 0.257 e. The maximum atomic E-state index is 14.4. The van der Waals surface area contributed by atoms with Crippen LogP contribution in [0.5, 0.6) is 0 Å². The average molecular weight is 554 g/mol. The third-order valence-electron chi connectivity index (χ3n) is 6.34. The van der Waals surface area contributed by atoms with Crippen LogP contribution in [0.1, 0.15) is 35.3 Å². The summed E-state index contributed by atoms with van der Waals surface area (Å²) in [5.41, 5.74) is 2.90. The van der Waals surface area contributed by atoms with Crippen molar-refractivity contribution in [2.45, 2.75) is 26.8 Å². The minimum atomic E-state index is -0.606. The number of hydrogen-bond acceptors (Lipinski definition) is 2. The number of carbonyl (C=O) groups is 2. The van der Waals surface area contributed by atoms with Crippen molar-refractivity contribution in [2.75, 3.05) is 19.6 Å². The van der Waals surface area contributed by atoms with Gasteiger partial charge in [-0.05, 0) is 53.8 Å². The number of nitrogens with one attached hydrogen (secondary N) is 1. The van der Waals surface area contributed by atoms with Crippen LogP contribution in [0.2, 0.25) is 10.0 Å². The predicted molar refractivity (Wildman–Crippen MR) is 151 cm³/mol. The maximum absolute atomic E-state index is 14.4. The van der Waals surface area contributed by atoms with Crippen LogP contribution in [0.15, 0.2) is 72.9 Å². The lowest BCUT2D eigenvalue weighted by atomic mass is 10.1. The molecule has 4 rings (SSSR count). The van der Waals surface area contributed by atoms with E-state index in [4.69, 9.17) is 23.2 Å². The lowest BCUT2D eigenvalue weighted by molar-refractivity contribution is -0.132. The standard InChI is InChI=1S/C30H30Cl2FN3O2/c1-20(2)17-36(30(38)24-8-3-5-9-27(24)33)19-29(37)35(18-21-11-12-25(31)26(32)15-21)14-13-22-16-34-28-10-6-4-7-23(22)28/h3-12,15-16,20,34H,13-14,17-19H2,1-2H3. The molecule has 0 aliphatic heterocycles. The molecule has 0 saturated carbocycles. The van der Waals surface area contributed by atoms with Crippen molar-refractivity contribution in [3.63, 3.8) is 0 Å². The Hall–Kier alpha value is -3.35. The Morgan fingerprint density at radius 3 is 2.42 bits per heavy atom. The highest BCUT2D eigenvalue weighted by atomic mass is 35.5. The predicted octanol–water partition coefficient (Wildman–Crippen LogP) is 6.98. The largest absolute Gasteiger partial charge is 0.361 e. The van der Waals surface area contributed by atoms with Gasteiger partial charge in [0.1, 0.15) is 12.4 Å². The molecule has 0 unspecified atom stereocenters. The van der Waals surface area contributed by atoms with Crippen molar-refractivity contribution in [1.82, 2.24) is 14.8 Å². The molecule has 4 aromatic rings. The summed E-state index contributed by atoms with van der Waals surface area (Å²) >= 11 is 12.3. The number of aromatic amines is 1. The highest BCUT2D eigenvalue weighted by Gasteiger charge is 2.25. The van der Waals surface area contributed by atoms with Gasteiger partial charge in [0.2, 0.25) is 5.91 Å². The molecule has 0 atom stereocenters. The van der Waals surface area contributed by atoms with Crippen molar-refractivity contribution < 1.29 is 14.0 Å². The number of rotatable bonds is 10. The van der Waals surface area contributed by atoms with Gasteiger partial charge in [-0.1, -0.05) is 73.4 Å². The Bertz CT molecular complexity index is 1440. The number of halogens is 3. The number of H-pyrrole nitrogens is 1. The first kappa shape index (κ1) is 27.7. The van der Waals surface area contributed by atoms with E-state index in [1.165, 1.54) is 23.1 Å². The second-order valence-corrected chi connectivity index (χ2v) is 10.5. The Balaban J connectivity index is 1.58. The highest BCUT2D eigenvalue weighted by Crippen LogP contribution is 2.24. The molecule has 0 saturated heterocycles. The summed E-state index contributed by atoms with van der Waals surface area (Å²) < 4.78 is 14.4. The van der Waals surface area contributed by atoms with Crippen LogP contribution >= 0.6 is 23.2 Å². The fourth-order valence-electron chi connectivity index (χ4n) is 4.47. The van der Waals surface area contributed by atoms with Crippen molar-refractivity contribution in [3.8, 4) is 0 Å². The van der Waals surface area contributed by atoms with E-state index in [1.54, 1.807) is 23.1 Å². The monoisotopic (exact) mass is 553 g/mol. The second-order valence-electron chi connectivity index (χ2n) is 9.73. The van der Waals surface area contributed by atoms with Gasteiger partial charge in [-0.25, -0.2) is 4.39 Å². The zero-order chi connectivity index (χ0) is 27.2. The number of hydrogen-bond donors (Lipinski definition) is 1. The molecule has 2 amide bonds. The van der Waals surface area contributed by atoms with Crippen molar-refractivity contribution >= 4 is 45.9 Å². The van der Waals surface area contributed by atoms with Crippen molar-refractivity contribution in [1.29, 1.82) is 0 Å². The van der Waals surface area contributed by atoms with Gasteiger partial charge in [-0.15, -0.1) is 0 Å². The first-order chi connectivity index (χ1) is 18.2. The molecule has 0 aliphatic carbocycles. The van der Waals surface area contributed by atoms with E-state index in [-0.39, 0.29) is 23.9 Å². The van der Waals surface area contributed by atoms with Gasteiger partial charge in [0, 0.05) is 36.7 Å². The minimum Gasteiger partial charge on any atom is -0.361 e. The third kappa shape index (κ3) is 6.74. The Labute approximate surface area is 232 Å². The topological polar surface area (TPSA) is 56.4 Å². The van der Waals surface area contributed by atoms with E-state index in [1.807, 2.05) is 50.4 Å². The first-order valence-electron chi connectivity index (χ1n) is 12.5. The van der Waals surface area contributed by atoms with Gasteiger partial charge >= 0.3 is 0 Å². The molecule has 38 heavy (non-hydrogen) atoms. The summed E-state index contributed by atoms with van der Waals surface area (Å²) in [5, 5.41) is 1.95. The van der Waals surface area contributed by atoms with E-state index >= 15 is 0 Å². The van der Waals surface area contributed by atoms with Crippen LogP contribution in [-0.4, -0.2) is 46.2 Å². The SMILES string of the molecule is CC(C)CN(CC(=O)N(CCc1c[nH]c2ccccc12)Cc1ccc(Cl)c(Cl)c1)C(=O)c1ccccc1F. The minimum absolute atomic E-state index is 0.0456. The van der Waals surface area contributed by atoms with E-state index < -0.39 is 11.7 Å². The molecule has 1 N–H and O–H groups in total. The van der Waals surface area contributed by atoms with Crippen LogP contribution in [0.4, 0.5) is 4.39 Å². The molecular formula is C30H30Cl2FN3O2. The van der Waals surface area contributed by atoms with Crippen LogP contribution in [0.3, 0.4) is 0 Å². The average Bonchev–Trinajstić information content (AvgIpc) is 3.31. The molecule has 3 aromatic carbocycles. The molecule has 0 fully saturated rings. The number of fused-ring (bicyclic) bond motifs is 1. The summed E-state index contributed by atoms with van der Waals surface area (Å²) in [7, 11) is 0. The Morgan fingerprint density at radius 2 is 1.68 bits per heavy atom. The molecule has 198 valence electrons. The fraction of sp³-hybridized carbons (Fsp3) is 0.267. The molecular weight excluding hydrogens is 524 g/mol. The van der Waals surface area contributed by atoms with E-state index in [2.05, 4.69) is 4.98 Å². The summed E-state index contributed by atoms with van der Waals surface area (Å²) in [6.07, 6.45) is 2.57. The number of amides is 2. The summed E-state index contributed by atoms with van der Waals surface area (Å²) in [4.78, 5) is 33.4. The normalized spacial score (nSPS) is 11.2. The molecule has 1 heterocycles. The van der Waals surface area contributed by atoms with Crippen molar-refractivity contribution in [2.24, 2.45) is 5.92 Å². The lowest BCUT2D eigenvalue weighted by Gasteiger charge is -2.29. The van der Waals surface area contributed by atoms with Gasteiger partial charge in [-0.3, -0.25) is 9.59 Å². The number of nitrogens with zero attached hydrogens (tertiary/aromatic N) is 2. The van der Waals surface area contributed by atoms with Crippen LogP contribution < -0.4 is 0 Å². The molecule has 0 bridgehead atoms. The van der Waals surface area contributed by atoms with E-state index in [0.717, 1.165) is 22.0 Å². The highest BCUT2D eigenvalue weighted by molar-refractivity contribution is 6.42. The molecule has 0 spiro atoms. The zero-order valence-corrected chi connectivity index (χ0v) is 22.9. The van der Waals surface area contributed by atoms with Gasteiger partial charge in [0.15, 0.2) is 0 Å². The van der Waals surface area contributed by atoms with Crippen LogP contribution in [-0.2, 0) is 17.8 Å². The second kappa shape index (κ2) is 12.5. The van der Waals surface area contributed by atoms with Gasteiger partial charge in [0.25, 0.3) is 5.91 Å². The summed E-state index contributed by atoms with van der Waals surface area (Å²) in [6, 6.07) is 19.1. The zero-order valence-electron chi connectivity index (χ0n) is 21.4. The fourth-order valence-corrected chi connectivity index (χ4v) is 4.79. The van der Waals surface area contributed by atoms with Crippen LogP contribution in [0.25, 0.3) is 10.9 Å². The number of aromatic nitrogens is 1. The molecule has 8 heteroatoms. The van der Waals surface area contributed by atoms with Crippen molar-refractivity contribution in [3.05, 3.63) is 105 Å². The third-order valence-corrected chi connectivity index (χ3v) is 7.08. The van der Waals surface area contributed by atoms with Crippen LogP contribution in [0, 0.1) is 11.7 Å². The lowest BCUT2D eigenvalue weighted by Crippen LogP contribution is -2.44. The van der Waals surface area contributed by atoms with Gasteiger partial charge < -0.3 is 14.8 Å². The first-order valence-corrected chi connectivity index (χ1v) is 13.3. The molecule has 1 aromatic heterocycles. The number of para-hydroxylation sites is 1. The number of carbonyl (C=O) groups excluding carboxylic acids is 2. The van der Waals surface area contributed by atoms with E-state index in [0.29, 0.717) is 36.1 Å². The Morgan fingerprint density at radius 1 is 0.947 bits per heavy atom.